The van der Waals surface area contributed by atoms with Gasteiger partial charge in [-0.05, 0) is 19.3 Å². The average molecular weight is 199 g/mol. The van der Waals surface area contributed by atoms with Crippen molar-refractivity contribution in [2.24, 2.45) is 0 Å². The van der Waals surface area contributed by atoms with Crippen molar-refractivity contribution in [1.82, 2.24) is 4.90 Å². The molecule has 2 atom stereocenters. The van der Waals surface area contributed by atoms with Crippen LogP contribution >= 0.6 is 0 Å². The maximum Gasteiger partial charge on any atom is 0.225 e. The lowest BCUT2D eigenvalue weighted by Gasteiger charge is -2.32. The summed E-state index contributed by atoms with van der Waals surface area (Å²) in [5, 5.41) is 0. The molecule has 0 spiro atoms. The molecule has 0 N–H and O–H groups in total. The van der Waals surface area contributed by atoms with Gasteiger partial charge < -0.3 is 14.4 Å². The first-order valence-electron chi connectivity index (χ1n) is 5.23. The highest BCUT2D eigenvalue weighted by Crippen LogP contribution is 2.29. The lowest BCUT2D eigenvalue weighted by Crippen LogP contribution is -2.41. The Kier molecular flexibility index (Phi) is 3.03. The van der Waals surface area contributed by atoms with Crippen molar-refractivity contribution >= 4 is 5.91 Å². The summed E-state index contributed by atoms with van der Waals surface area (Å²) in [6, 6.07) is 0.311. The van der Waals surface area contributed by atoms with E-state index in [0.717, 1.165) is 19.4 Å². The number of piperidine rings is 1. The van der Waals surface area contributed by atoms with E-state index < -0.39 is 0 Å². The number of nitrogens with zero attached hydrogens (tertiary/aromatic N) is 1. The Morgan fingerprint density at radius 2 is 2.36 bits per heavy atom. The first-order valence-corrected chi connectivity index (χ1v) is 5.23. The number of carbonyl (C=O) groups is 1. The SMILES string of the molecule is COCO[C@H]1CC(=O)N2CCCC[C@@H]12. The van der Waals surface area contributed by atoms with Crippen LogP contribution in [0.15, 0.2) is 0 Å². The Morgan fingerprint density at radius 3 is 3.14 bits per heavy atom. The number of fused-ring (bicyclic) bond motifs is 1. The summed E-state index contributed by atoms with van der Waals surface area (Å²) >= 11 is 0. The molecule has 2 aliphatic rings. The minimum Gasteiger partial charge on any atom is -0.359 e. The van der Waals surface area contributed by atoms with Crippen LogP contribution in [0.4, 0.5) is 0 Å². The minimum absolute atomic E-state index is 0.0581. The topological polar surface area (TPSA) is 38.8 Å². The molecule has 0 aromatic carbocycles. The number of hydrogen-bond acceptors (Lipinski definition) is 3. The Balaban J connectivity index is 1.95. The molecule has 14 heavy (non-hydrogen) atoms. The van der Waals surface area contributed by atoms with Crippen LogP contribution in [0, 0.1) is 0 Å². The third-order valence-corrected chi connectivity index (χ3v) is 3.07. The number of hydrogen-bond donors (Lipinski definition) is 0. The van der Waals surface area contributed by atoms with Gasteiger partial charge >= 0.3 is 0 Å². The van der Waals surface area contributed by atoms with Gasteiger partial charge in [0.05, 0.1) is 18.6 Å². The van der Waals surface area contributed by atoms with E-state index in [9.17, 15) is 4.79 Å². The fourth-order valence-corrected chi connectivity index (χ4v) is 2.40. The second-order valence-corrected chi connectivity index (χ2v) is 3.97. The van der Waals surface area contributed by atoms with Gasteiger partial charge in [-0.1, -0.05) is 0 Å². The second kappa shape index (κ2) is 4.28. The Labute approximate surface area is 84.2 Å². The highest BCUT2D eigenvalue weighted by atomic mass is 16.7. The van der Waals surface area contributed by atoms with Crippen molar-refractivity contribution < 1.29 is 14.3 Å². The summed E-state index contributed by atoms with van der Waals surface area (Å²) in [6.45, 7) is 1.21. The summed E-state index contributed by atoms with van der Waals surface area (Å²) in [7, 11) is 1.61. The number of amides is 1. The van der Waals surface area contributed by atoms with Gasteiger partial charge in [-0.3, -0.25) is 4.79 Å². The average Bonchev–Trinajstić information content (AvgIpc) is 2.54. The number of carbonyl (C=O) groups excluding carboxylic acids is 1. The lowest BCUT2D eigenvalue weighted by molar-refractivity contribution is -0.129. The van der Waals surface area contributed by atoms with Gasteiger partial charge in [0, 0.05) is 13.7 Å². The predicted molar refractivity (Wildman–Crippen MR) is 50.7 cm³/mol. The molecule has 2 heterocycles. The molecule has 2 saturated heterocycles. The van der Waals surface area contributed by atoms with Gasteiger partial charge in [0.25, 0.3) is 0 Å². The highest BCUT2D eigenvalue weighted by Gasteiger charge is 2.41. The summed E-state index contributed by atoms with van der Waals surface area (Å²) in [5.41, 5.74) is 0. The zero-order valence-corrected chi connectivity index (χ0v) is 8.57. The summed E-state index contributed by atoms with van der Waals surface area (Å²) in [6.07, 6.45) is 4.03. The van der Waals surface area contributed by atoms with E-state index in [2.05, 4.69) is 0 Å². The largest absolute Gasteiger partial charge is 0.359 e. The molecule has 0 aromatic rings. The first-order chi connectivity index (χ1) is 6.83. The molecule has 4 heteroatoms. The normalized spacial score (nSPS) is 32.1. The molecule has 0 unspecified atom stereocenters. The van der Waals surface area contributed by atoms with E-state index in [1.807, 2.05) is 4.90 Å². The van der Waals surface area contributed by atoms with Gasteiger partial charge in [0.2, 0.25) is 5.91 Å². The van der Waals surface area contributed by atoms with E-state index >= 15 is 0 Å². The van der Waals surface area contributed by atoms with Crippen LogP contribution in [0.5, 0.6) is 0 Å². The smallest absolute Gasteiger partial charge is 0.225 e. The monoisotopic (exact) mass is 199 g/mol. The number of ether oxygens (including phenoxy) is 2. The standard InChI is InChI=1S/C10H17NO3/c1-13-7-14-9-6-10(12)11-5-3-2-4-8(9)11/h8-9H,2-7H2,1H3/t8-,9-/m0/s1. The maximum atomic E-state index is 11.6. The fourth-order valence-electron chi connectivity index (χ4n) is 2.40. The van der Waals surface area contributed by atoms with E-state index in [1.165, 1.54) is 6.42 Å². The predicted octanol–water partition coefficient (Wildman–Crippen LogP) is 0.760. The molecule has 2 fully saturated rings. The Bertz CT molecular complexity index is 219. The zero-order chi connectivity index (χ0) is 9.97. The van der Waals surface area contributed by atoms with Crippen LogP contribution in [-0.2, 0) is 14.3 Å². The van der Waals surface area contributed by atoms with Gasteiger partial charge in [-0.2, -0.15) is 0 Å². The van der Waals surface area contributed by atoms with Gasteiger partial charge in [-0.25, -0.2) is 0 Å². The molecule has 80 valence electrons. The van der Waals surface area contributed by atoms with Crippen molar-refractivity contribution in [3.8, 4) is 0 Å². The van der Waals surface area contributed by atoms with Crippen molar-refractivity contribution in [3.63, 3.8) is 0 Å². The molecule has 0 saturated carbocycles. The van der Waals surface area contributed by atoms with Crippen LogP contribution in [0.3, 0.4) is 0 Å². The van der Waals surface area contributed by atoms with Gasteiger partial charge in [-0.15, -0.1) is 0 Å². The molecule has 4 nitrogen and oxygen atoms in total. The third-order valence-electron chi connectivity index (χ3n) is 3.07. The van der Waals surface area contributed by atoms with E-state index in [0.29, 0.717) is 19.3 Å². The Morgan fingerprint density at radius 1 is 1.50 bits per heavy atom. The van der Waals surface area contributed by atoms with E-state index in [1.54, 1.807) is 7.11 Å². The zero-order valence-electron chi connectivity index (χ0n) is 8.57. The van der Waals surface area contributed by atoms with Crippen molar-refractivity contribution in [2.75, 3.05) is 20.4 Å². The van der Waals surface area contributed by atoms with Crippen molar-refractivity contribution in [2.45, 2.75) is 37.8 Å². The van der Waals surface area contributed by atoms with E-state index in [4.69, 9.17) is 9.47 Å². The molecule has 0 aliphatic carbocycles. The number of rotatable bonds is 3. The molecule has 1 amide bonds. The molecule has 2 rings (SSSR count). The summed E-state index contributed by atoms with van der Waals surface area (Å²) in [4.78, 5) is 13.6. The van der Waals surface area contributed by atoms with Gasteiger partial charge in [0.1, 0.15) is 6.79 Å². The third kappa shape index (κ3) is 1.77. The maximum absolute atomic E-state index is 11.6. The summed E-state index contributed by atoms with van der Waals surface area (Å²) < 4.78 is 10.4. The van der Waals surface area contributed by atoms with Crippen LogP contribution in [-0.4, -0.2) is 43.4 Å². The van der Waals surface area contributed by atoms with Crippen LogP contribution in [0.25, 0.3) is 0 Å². The number of methoxy groups -OCH3 is 1. The quantitative estimate of drug-likeness (QED) is 0.630. The molecule has 0 bridgehead atoms. The highest BCUT2D eigenvalue weighted by molar-refractivity contribution is 5.79. The fraction of sp³-hybridized carbons (Fsp3) is 0.900. The van der Waals surface area contributed by atoms with E-state index in [-0.39, 0.29) is 12.0 Å². The second-order valence-electron chi connectivity index (χ2n) is 3.97. The first kappa shape index (κ1) is 9.93. The van der Waals surface area contributed by atoms with Gasteiger partial charge in [0.15, 0.2) is 0 Å². The van der Waals surface area contributed by atoms with Crippen LogP contribution in [0.2, 0.25) is 0 Å². The van der Waals surface area contributed by atoms with Crippen LogP contribution in [0.1, 0.15) is 25.7 Å². The summed E-state index contributed by atoms with van der Waals surface area (Å²) in [5.74, 6) is 0.246. The lowest BCUT2D eigenvalue weighted by atomic mass is 10.0. The van der Waals surface area contributed by atoms with Crippen molar-refractivity contribution in [3.05, 3.63) is 0 Å². The molecular formula is C10H17NO3. The molecule has 0 radical (unpaired) electrons. The van der Waals surface area contributed by atoms with Crippen molar-refractivity contribution in [1.29, 1.82) is 0 Å². The van der Waals surface area contributed by atoms with Crippen LogP contribution < -0.4 is 0 Å². The minimum atomic E-state index is 0.0581. The molecule has 2 aliphatic heterocycles. The molecular weight excluding hydrogens is 182 g/mol. The molecule has 0 aromatic heterocycles. The Hall–Kier alpha value is -0.610.